The second kappa shape index (κ2) is 8.09. The van der Waals surface area contributed by atoms with Crippen molar-refractivity contribution in [3.63, 3.8) is 0 Å². The molecule has 0 bridgehead atoms. The van der Waals surface area contributed by atoms with Crippen LogP contribution in [0.4, 0.5) is 0 Å². The molecule has 0 aromatic carbocycles. The Hall–Kier alpha value is -1.38. The summed E-state index contributed by atoms with van der Waals surface area (Å²) in [5, 5.41) is 9.16. The molecule has 3 heteroatoms. The average Bonchev–Trinajstić information content (AvgIpc) is 3.02. The zero-order chi connectivity index (χ0) is 24.4. The van der Waals surface area contributed by atoms with Crippen molar-refractivity contribution in [2.75, 3.05) is 0 Å². The number of rotatable bonds is 5. The molecule has 4 aliphatic carbocycles. The maximum atomic E-state index is 12.8. The lowest BCUT2D eigenvalue weighted by molar-refractivity contribution is -0.139. The van der Waals surface area contributed by atoms with E-state index in [0.717, 1.165) is 25.7 Å². The van der Waals surface area contributed by atoms with Gasteiger partial charge in [0.05, 0.1) is 0 Å². The summed E-state index contributed by atoms with van der Waals surface area (Å²) in [5.41, 5.74) is 4.58. The fourth-order valence-corrected chi connectivity index (χ4v) is 9.29. The molecule has 0 saturated heterocycles. The van der Waals surface area contributed by atoms with Gasteiger partial charge in [-0.2, -0.15) is 0 Å². The smallest absolute Gasteiger partial charge is 0.330 e. The number of hydrogen-bond acceptors (Lipinski definition) is 2. The molecule has 33 heavy (non-hydrogen) atoms. The maximum absolute atomic E-state index is 12.8. The summed E-state index contributed by atoms with van der Waals surface area (Å²) >= 11 is 0. The van der Waals surface area contributed by atoms with E-state index in [2.05, 4.69) is 41.5 Å². The Morgan fingerprint density at radius 2 is 1.73 bits per heavy atom. The fraction of sp³-hybridized carbons (Fsp3) is 0.800. The van der Waals surface area contributed by atoms with E-state index >= 15 is 0 Å². The van der Waals surface area contributed by atoms with Crippen LogP contribution >= 0.6 is 0 Å². The topological polar surface area (TPSA) is 54.4 Å². The molecule has 0 heterocycles. The molecule has 2 fully saturated rings. The van der Waals surface area contributed by atoms with Crippen molar-refractivity contribution in [1.82, 2.24) is 0 Å². The zero-order valence-corrected chi connectivity index (χ0v) is 22.1. The van der Waals surface area contributed by atoms with Crippen LogP contribution < -0.4 is 0 Å². The highest BCUT2D eigenvalue weighted by atomic mass is 16.4. The van der Waals surface area contributed by atoms with Gasteiger partial charge < -0.3 is 5.11 Å². The third-order valence-corrected chi connectivity index (χ3v) is 11.7. The Labute approximate surface area is 201 Å². The first kappa shape index (κ1) is 24.7. The van der Waals surface area contributed by atoms with Gasteiger partial charge in [-0.15, -0.1) is 0 Å². The van der Waals surface area contributed by atoms with Gasteiger partial charge in [-0.05, 0) is 98.7 Å². The van der Waals surface area contributed by atoms with Crippen molar-refractivity contribution in [3.8, 4) is 0 Å². The molecule has 0 aromatic heterocycles. The first-order valence-corrected chi connectivity index (χ1v) is 13.5. The summed E-state index contributed by atoms with van der Waals surface area (Å²) in [4.78, 5) is 23.9. The van der Waals surface area contributed by atoms with Crippen molar-refractivity contribution >= 4 is 11.8 Å². The molecule has 0 spiro atoms. The molecule has 6 atom stereocenters. The summed E-state index contributed by atoms with van der Waals surface area (Å²) in [7, 11) is 0. The van der Waals surface area contributed by atoms with E-state index in [-0.39, 0.29) is 16.2 Å². The molecule has 1 N–H and O–H groups in total. The Bertz CT molecular complexity index is 908. The molecular weight excluding hydrogens is 408 g/mol. The number of aliphatic carboxylic acids is 1. The molecule has 0 radical (unpaired) electrons. The Kier molecular flexibility index (Phi) is 6.07. The third-order valence-electron chi connectivity index (χ3n) is 11.7. The minimum Gasteiger partial charge on any atom is -0.478 e. The maximum Gasteiger partial charge on any atom is 0.330 e. The monoisotopic (exact) mass is 454 g/mol. The highest BCUT2D eigenvalue weighted by Crippen LogP contribution is 2.72. The molecule has 1 unspecified atom stereocenters. The number of Topliss-reactive ketones (excluding diaryl/α,β-unsaturated/α-hetero) is 1. The van der Waals surface area contributed by atoms with E-state index in [1.54, 1.807) is 18.1 Å². The predicted molar refractivity (Wildman–Crippen MR) is 134 cm³/mol. The van der Waals surface area contributed by atoms with Crippen molar-refractivity contribution in [1.29, 1.82) is 0 Å². The SMILES string of the molecule is C/C(=C/CC[C@H](C)[C@@H]1CC[C@]2(C)C3=C(CC[C@@]12C)[C@@]1(C)CCC(=O)C(C)(C)C1CC3)C(=O)O. The van der Waals surface area contributed by atoms with Crippen LogP contribution in [0.1, 0.15) is 113 Å². The van der Waals surface area contributed by atoms with Crippen LogP contribution in [0, 0.1) is 39.4 Å². The van der Waals surface area contributed by atoms with Crippen LogP contribution in [0.15, 0.2) is 22.8 Å². The lowest BCUT2D eigenvalue weighted by Crippen LogP contribution is -2.53. The van der Waals surface area contributed by atoms with Crippen LogP contribution in [0.5, 0.6) is 0 Å². The Morgan fingerprint density at radius 1 is 1.03 bits per heavy atom. The summed E-state index contributed by atoms with van der Waals surface area (Å²) < 4.78 is 0. The van der Waals surface area contributed by atoms with Crippen molar-refractivity contribution in [3.05, 3.63) is 22.8 Å². The Morgan fingerprint density at radius 3 is 2.39 bits per heavy atom. The van der Waals surface area contributed by atoms with Crippen LogP contribution in [0.25, 0.3) is 0 Å². The minimum atomic E-state index is -0.800. The van der Waals surface area contributed by atoms with E-state index in [1.807, 2.05) is 6.08 Å². The van der Waals surface area contributed by atoms with Gasteiger partial charge in [0.25, 0.3) is 0 Å². The number of carbonyl (C=O) groups excluding carboxylic acids is 1. The molecule has 0 aliphatic heterocycles. The van der Waals surface area contributed by atoms with Gasteiger partial charge in [-0.25, -0.2) is 4.79 Å². The molecular formula is C30H46O3. The Balaban J connectivity index is 1.61. The van der Waals surface area contributed by atoms with Crippen LogP contribution in [-0.4, -0.2) is 16.9 Å². The highest BCUT2D eigenvalue weighted by molar-refractivity contribution is 5.86. The molecule has 0 aromatic rings. The van der Waals surface area contributed by atoms with Gasteiger partial charge in [0.2, 0.25) is 0 Å². The second-order valence-corrected chi connectivity index (χ2v) is 13.3. The van der Waals surface area contributed by atoms with Gasteiger partial charge in [0.15, 0.2) is 0 Å². The molecule has 4 rings (SSSR count). The van der Waals surface area contributed by atoms with E-state index < -0.39 is 5.97 Å². The molecule has 184 valence electrons. The van der Waals surface area contributed by atoms with E-state index in [4.69, 9.17) is 5.11 Å². The lowest BCUT2D eigenvalue weighted by Gasteiger charge is -2.61. The highest BCUT2D eigenvalue weighted by Gasteiger charge is 2.63. The zero-order valence-electron chi connectivity index (χ0n) is 22.1. The standard InChI is InChI=1S/C30H46O3/c1-19(9-8-10-20(2)26(32)33)21-13-17-30(7)23-11-12-24-27(3,4)25(31)15-16-28(24,5)22(23)14-18-29(21,30)6/h10,19,21,24H,8-9,11-18H2,1-7H3,(H,32,33)/b20-10-/t19-,21-,24?,28+,29-,30+/m0/s1. The minimum absolute atomic E-state index is 0.193. The number of carbonyl (C=O) groups is 2. The van der Waals surface area contributed by atoms with Crippen LogP contribution in [-0.2, 0) is 9.59 Å². The first-order chi connectivity index (χ1) is 15.3. The van der Waals surface area contributed by atoms with E-state index in [1.165, 1.54) is 38.5 Å². The average molecular weight is 455 g/mol. The fourth-order valence-electron chi connectivity index (χ4n) is 9.29. The van der Waals surface area contributed by atoms with Gasteiger partial charge in [0.1, 0.15) is 5.78 Å². The van der Waals surface area contributed by atoms with Gasteiger partial charge >= 0.3 is 5.97 Å². The molecule has 4 aliphatic rings. The van der Waals surface area contributed by atoms with Crippen molar-refractivity contribution in [2.24, 2.45) is 39.4 Å². The normalized spacial score (nSPS) is 41.3. The van der Waals surface area contributed by atoms with Gasteiger partial charge in [-0.1, -0.05) is 58.8 Å². The lowest BCUT2D eigenvalue weighted by atomic mass is 9.43. The summed E-state index contributed by atoms with van der Waals surface area (Å²) in [6.45, 7) is 16.2. The van der Waals surface area contributed by atoms with E-state index in [0.29, 0.717) is 34.5 Å². The van der Waals surface area contributed by atoms with Crippen molar-refractivity contribution in [2.45, 2.75) is 113 Å². The largest absolute Gasteiger partial charge is 0.478 e. The number of hydrogen-bond donors (Lipinski definition) is 1. The number of carboxylic acids is 1. The first-order valence-electron chi connectivity index (χ1n) is 13.5. The van der Waals surface area contributed by atoms with E-state index in [9.17, 15) is 9.59 Å². The predicted octanol–water partition coefficient (Wildman–Crippen LogP) is 7.75. The molecule has 3 nitrogen and oxygen atoms in total. The van der Waals surface area contributed by atoms with Crippen LogP contribution in [0.3, 0.4) is 0 Å². The molecule has 0 amide bonds. The number of fused-ring (bicyclic) bond motifs is 4. The second-order valence-electron chi connectivity index (χ2n) is 13.3. The third kappa shape index (κ3) is 3.50. The summed E-state index contributed by atoms with van der Waals surface area (Å²) in [5.74, 6) is 1.47. The molecule has 2 saturated carbocycles. The van der Waals surface area contributed by atoms with Crippen LogP contribution in [0.2, 0.25) is 0 Å². The number of ketones is 1. The number of carboxylic acid groups (broad SMARTS) is 1. The summed E-state index contributed by atoms with van der Waals surface area (Å²) in [6.07, 6.45) is 13.0. The quantitative estimate of drug-likeness (QED) is 0.341. The van der Waals surface area contributed by atoms with Gasteiger partial charge in [0, 0.05) is 17.4 Å². The number of allylic oxidation sites excluding steroid dienone is 3. The summed E-state index contributed by atoms with van der Waals surface area (Å²) in [6, 6.07) is 0. The van der Waals surface area contributed by atoms with Crippen molar-refractivity contribution < 1.29 is 14.7 Å². The van der Waals surface area contributed by atoms with Gasteiger partial charge in [-0.3, -0.25) is 4.79 Å².